The fourth-order valence-corrected chi connectivity index (χ4v) is 3.56. The quantitative estimate of drug-likeness (QED) is 0.849. The molecule has 0 amide bonds. The van der Waals surface area contributed by atoms with Crippen LogP contribution in [0.3, 0.4) is 0 Å². The van der Waals surface area contributed by atoms with Crippen LogP contribution in [0.5, 0.6) is 0 Å². The number of nitrogens with one attached hydrogen (secondary N) is 1. The van der Waals surface area contributed by atoms with Gasteiger partial charge in [0, 0.05) is 24.5 Å². The summed E-state index contributed by atoms with van der Waals surface area (Å²) in [6, 6.07) is 2.00. The van der Waals surface area contributed by atoms with E-state index in [1.54, 1.807) is 0 Å². The summed E-state index contributed by atoms with van der Waals surface area (Å²) in [6.45, 7) is 4.10. The van der Waals surface area contributed by atoms with Crippen LogP contribution in [0, 0.1) is 17.5 Å². The lowest BCUT2D eigenvalue weighted by molar-refractivity contribution is 0.246. The van der Waals surface area contributed by atoms with Gasteiger partial charge in [0.2, 0.25) is 0 Å². The molecule has 1 saturated heterocycles. The number of hydrogen-bond donors (Lipinski definition) is 1. The van der Waals surface area contributed by atoms with Gasteiger partial charge in [-0.05, 0) is 42.2 Å². The van der Waals surface area contributed by atoms with E-state index in [1.807, 2.05) is 12.3 Å². The Labute approximate surface area is 136 Å². The zero-order valence-electron chi connectivity index (χ0n) is 12.6. The van der Waals surface area contributed by atoms with E-state index in [1.165, 1.54) is 11.5 Å². The monoisotopic (exact) mass is 342 g/mol. The summed E-state index contributed by atoms with van der Waals surface area (Å²) >= 11 is 1.28. The van der Waals surface area contributed by atoms with Gasteiger partial charge in [-0.3, -0.25) is 4.90 Å². The Balaban J connectivity index is 1.82. The lowest BCUT2D eigenvalue weighted by Gasteiger charge is -2.28. The van der Waals surface area contributed by atoms with E-state index in [4.69, 9.17) is 0 Å². The van der Waals surface area contributed by atoms with Crippen LogP contribution in [0.2, 0.25) is 0 Å². The smallest absolute Gasteiger partial charge is 0.194 e. The van der Waals surface area contributed by atoms with E-state index in [2.05, 4.69) is 19.8 Å². The predicted molar refractivity (Wildman–Crippen MR) is 81.5 cm³/mol. The SMILES string of the molecule is CCN1CC[C@@H](NCc2csnn2)[C@H]1c1cc(F)c(F)c(F)c1. The molecule has 0 radical (unpaired) electrons. The Morgan fingerprint density at radius 1 is 1.30 bits per heavy atom. The third kappa shape index (κ3) is 3.39. The van der Waals surface area contributed by atoms with Gasteiger partial charge in [0.15, 0.2) is 17.5 Å². The number of hydrogen-bond acceptors (Lipinski definition) is 5. The minimum absolute atomic E-state index is 0.0147. The average molecular weight is 342 g/mol. The van der Waals surface area contributed by atoms with Crippen molar-refractivity contribution in [1.82, 2.24) is 19.8 Å². The van der Waals surface area contributed by atoms with E-state index in [0.29, 0.717) is 12.1 Å². The fraction of sp³-hybridized carbons (Fsp3) is 0.467. The molecule has 1 fully saturated rings. The van der Waals surface area contributed by atoms with Gasteiger partial charge in [0.25, 0.3) is 0 Å². The summed E-state index contributed by atoms with van der Waals surface area (Å²) in [5.74, 6) is -3.72. The molecule has 0 bridgehead atoms. The first-order valence-electron chi connectivity index (χ1n) is 7.48. The normalized spacial score (nSPS) is 21.9. The molecule has 8 heteroatoms. The van der Waals surface area contributed by atoms with Crippen molar-refractivity contribution in [3.05, 3.63) is 46.2 Å². The van der Waals surface area contributed by atoms with Crippen LogP contribution in [0.1, 0.15) is 30.6 Å². The summed E-state index contributed by atoms with van der Waals surface area (Å²) in [4.78, 5) is 2.13. The number of rotatable bonds is 5. The molecule has 0 unspecified atom stereocenters. The molecule has 1 aliphatic heterocycles. The zero-order valence-corrected chi connectivity index (χ0v) is 13.4. The van der Waals surface area contributed by atoms with Crippen LogP contribution in [-0.2, 0) is 6.54 Å². The van der Waals surface area contributed by atoms with Crippen LogP contribution in [0.15, 0.2) is 17.5 Å². The summed E-state index contributed by atoms with van der Waals surface area (Å²) in [5, 5.41) is 9.20. The second-order valence-electron chi connectivity index (χ2n) is 5.54. The third-order valence-electron chi connectivity index (χ3n) is 4.21. The second kappa shape index (κ2) is 6.94. The molecule has 1 aliphatic rings. The topological polar surface area (TPSA) is 41.0 Å². The van der Waals surface area contributed by atoms with Crippen LogP contribution in [-0.4, -0.2) is 33.6 Å². The van der Waals surface area contributed by atoms with Gasteiger partial charge in [-0.15, -0.1) is 5.10 Å². The highest BCUT2D eigenvalue weighted by Crippen LogP contribution is 2.33. The largest absolute Gasteiger partial charge is 0.306 e. The third-order valence-corrected chi connectivity index (χ3v) is 4.76. The van der Waals surface area contributed by atoms with E-state index in [0.717, 1.165) is 37.3 Å². The summed E-state index contributed by atoms with van der Waals surface area (Å²) < 4.78 is 44.2. The van der Waals surface area contributed by atoms with Crippen LogP contribution >= 0.6 is 11.5 Å². The first-order valence-corrected chi connectivity index (χ1v) is 8.31. The van der Waals surface area contributed by atoms with Gasteiger partial charge in [-0.25, -0.2) is 13.2 Å². The Bertz CT molecular complexity index is 642. The molecule has 2 atom stereocenters. The molecule has 1 aromatic carbocycles. The van der Waals surface area contributed by atoms with Crippen LogP contribution in [0.4, 0.5) is 13.2 Å². The van der Waals surface area contributed by atoms with Gasteiger partial charge in [0.05, 0.1) is 11.7 Å². The molecule has 1 N–H and O–H groups in total. The van der Waals surface area contributed by atoms with Crippen LogP contribution < -0.4 is 5.32 Å². The number of halogens is 3. The van der Waals surface area contributed by atoms with E-state index < -0.39 is 17.5 Å². The minimum atomic E-state index is -1.42. The van der Waals surface area contributed by atoms with Crippen molar-refractivity contribution in [2.75, 3.05) is 13.1 Å². The van der Waals surface area contributed by atoms with Gasteiger partial charge in [-0.2, -0.15) is 0 Å². The van der Waals surface area contributed by atoms with Crippen molar-refractivity contribution in [2.45, 2.75) is 32.0 Å². The van der Waals surface area contributed by atoms with Gasteiger partial charge in [0.1, 0.15) is 0 Å². The molecular formula is C15H17F3N4S. The first kappa shape index (κ1) is 16.4. The number of aromatic nitrogens is 2. The number of benzene rings is 1. The zero-order chi connectivity index (χ0) is 16.4. The summed E-state index contributed by atoms with van der Waals surface area (Å²) in [7, 11) is 0. The summed E-state index contributed by atoms with van der Waals surface area (Å²) in [6.07, 6.45) is 0.844. The lowest BCUT2D eigenvalue weighted by Crippen LogP contribution is -2.36. The average Bonchev–Trinajstić information content (AvgIpc) is 3.18. The number of nitrogens with zero attached hydrogens (tertiary/aromatic N) is 3. The second-order valence-corrected chi connectivity index (χ2v) is 6.15. The van der Waals surface area contributed by atoms with Gasteiger partial charge < -0.3 is 5.32 Å². The number of likely N-dealkylation sites (N-methyl/N-ethyl adjacent to an activating group) is 1. The summed E-state index contributed by atoms with van der Waals surface area (Å²) in [5.41, 5.74) is 1.29. The van der Waals surface area contributed by atoms with Crippen molar-refractivity contribution < 1.29 is 13.2 Å². The van der Waals surface area contributed by atoms with Crippen molar-refractivity contribution in [1.29, 1.82) is 0 Å². The fourth-order valence-electron chi connectivity index (χ4n) is 3.11. The van der Waals surface area contributed by atoms with E-state index in [-0.39, 0.29) is 12.1 Å². The maximum absolute atomic E-state index is 13.6. The van der Waals surface area contributed by atoms with Gasteiger partial charge >= 0.3 is 0 Å². The highest BCUT2D eigenvalue weighted by atomic mass is 32.1. The molecule has 0 saturated carbocycles. The van der Waals surface area contributed by atoms with Crippen LogP contribution in [0.25, 0.3) is 0 Å². The molecule has 3 rings (SSSR count). The molecule has 23 heavy (non-hydrogen) atoms. The number of likely N-dealkylation sites (tertiary alicyclic amines) is 1. The molecular weight excluding hydrogens is 325 g/mol. The maximum atomic E-state index is 13.6. The predicted octanol–water partition coefficient (Wildman–Crippen LogP) is 2.88. The molecule has 4 nitrogen and oxygen atoms in total. The van der Waals surface area contributed by atoms with Crippen molar-refractivity contribution in [3.8, 4) is 0 Å². The van der Waals surface area contributed by atoms with E-state index in [9.17, 15) is 13.2 Å². The Morgan fingerprint density at radius 2 is 2.04 bits per heavy atom. The molecule has 0 spiro atoms. The Hall–Kier alpha value is -1.51. The Kier molecular flexibility index (Phi) is 4.93. The molecule has 124 valence electrons. The maximum Gasteiger partial charge on any atom is 0.194 e. The van der Waals surface area contributed by atoms with Crippen molar-refractivity contribution in [3.63, 3.8) is 0 Å². The lowest BCUT2D eigenvalue weighted by atomic mass is 9.99. The molecule has 0 aliphatic carbocycles. The molecule has 2 aromatic rings. The first-order chi connectivity index (χ1) is 11.1. The standard InChI is InChI=1S/C15H17F3N4S/c1-2-22-4-3-13(19-7-10-8-23-21-20-10)15(22)9-5-11(16)14(18)12(17)6-9/h5-6,8,13,15,19H,2-4,7H2,1H3/t13-,15-/m1/s1. The van der Waals surface area contributed by atoms with E-state index >= 15 is 0 Å². The van der Waals surface area contributed by atoms with Crippen molar-refractivity contribution >= 4 is 11.5 Å². The Morgan fingerprint density at radius 3 is 2.65 bits per heavy atom. The highest BCUT2D eigenvalue weighted by molar-refractivity contribution is 7.03. The molecule has 2 heterocycles. The van der Waals surface area contributed by atoms with Crippen molar-refractivity contribution in [2.24, 2.45) is 0 Å². The minimum Gasteiger partial charge on any atom is -0.306 e. The highest BCUT2D eigenvalue weighted by Gasteiger charge is 2.35. The molecule has 1 aromatic heterocycles. The van der Waals surface area contributed by atoms with Gasteiger partial charge in [-0.1, -0.05) is 11.4 Å².